The fourth-order valence-electron chi connectivity index (χ4n) is 6.73. The van der Waals surface area contributed by atoms with E-state index in [0.717, 1.165) is 24.9 Å². The Bertz CT molecular complexity index is 1220. The second-order valence-electron chi connectivity index (χ2n) is 11.8. The van der Waals surface area contributed by atoms with Crippen LogP contribution in [0.5, 0.6) is 5.75 Å². The molecule has 9 N–H and O–H groups in total. The van der Waals surface area contributed by atoms with Gasteiger partial charge in [0, 0.05) is 25.2 Å². The molecule has 13 heteroatoms. The van der Waals surface area contributed by atoms with Gasteiger partial charge >= 0.3 is 0 Å². The van der Waals surface area contributed by atoms with Gasteiger partial charge in [0.2, 0.25) is 5.91 Å². The third-order valence-electron chi connectivity index (χ3n) is 8.96. The predicted molar refractivity (Wildman–Crippen MR) is 143 cm³/mol. The monoisotopic (exact) mass is 539 g/mol. The number of rotatable bonds is 5. The number of ether oxygens (including phenoxy) is 1. The summed E-state index contributed by atoms with van der Waals surface area (Å²) < 4.78 is 5.93. The molecule has 0 aromatic heterocycles. The van der Waals surface area contributed by atoms with Crippen molar-refractivity contribution in [1.29, 1.82) is 10.8 Å². The summed E-state index contributed by atoms with van der Waals surface area (Å²) in [4.78, 5) is 27.8. The summed E-state index contributed by atoms with van der Waals surface area (Å²) in [5, 5.41) is 47.1. The Morgan fingerprint density at radius 2 is 2.08 bits per heavy atom. The molecule has 0 aliphatic carbocycles. The van der Waals surface area contributed by atoms with Gasteiger partial charge in [-0.25, -0.2) is 0 Å². The van der Waals surface area contributed by atoms with E-state index in [2.05, 4.69) is 45.7 Å². The molecule has 0 radical (unpaired) electrons. The number of guanidine groups is 2. The number of aliphatic hydroxyl groups excluding tert-OH is 1. The minimum atomic E-state index is -1.24. The minimum absolute atomic E-state index is 0.0107. The Hall–Kier alpha value is -3.58. The molecule has 5 aliphatic heterocycles. The van der Waals surface area contributed by atoms with Crippen LogP contribution < -0.4 is 36.6 Å². The number of nitrogens with one attached hydrogen (secondary N) is 8. The van der Waals surface area contributed by atoms with E-state index in [-0.39, 0.29) is 48.2 Å². The minimum Gasteiger partial charge on any atom is -0.492 e. The van der Waals surface area contributed by atoms with E-state index in [0.29, 0.717) is 24.5 Å². The van der Waals surface area contributed by atoms with E-state index in [1.165, 1.54) is 0 Å². The third kappa shape index (κ3) is 4.06. The molecule has 6 atom stereocenters. The first-order valence-corrected chi connectivity index (χ1v) is 13.6. The van der Waals surface area contributed by atoms with Gasteiger partial charge in [0.05, 0.1) is 36.2 Å². The van der Waals surface area contributed by atoms with Crippen LogP contribution in [0.3, 0.4) is 0 Å². The van der Waals surface area contributed by atoms with Crippen LogP contribution in [0.25, 0.3) is 0 Å². The third-order valence-corrected chi connectivity index (χ3v) is 8.96. The standard InChI is InChI=1S/C26H37N9O4/c1-25(2)7-9-39-18-14(4-3-5-15(18)25)22(38)31-17-12-35-24(28)32-16(11-30-21(37)13-6-8-29-10-13)19-26(35,20(17)36)34-23(27)33-19/h3-5,13,16-17,19-20,29,36H,6-12H2,1-2H3,(H2,28,32)(H,30,37)(H,31,38)(H3,27,33,34)/t13-,16+,17?,19?,20-,26?/m1/s1. The van der Waals surface area contributed by atoms with Crippen molar-refractivity contribution < 1.29 is 19.4 Å². The van der Waals surface area contributed by atoms with Crippen LogP contribution in [0.15, 0.2) is 18.2 Å². The van der Waals surface area contributed by atoms with Crippen LogP contribution in [-0.2, 0) is 10.2 Å². The maximum atomic E-state index is 13.5. The van der Waals surface area contributed by atoms with Gasteiger partial charge in [-0.05, 0) is 30.9 Å². The molecular weight excluding hydrogens is 502 g/mol. The molecule has 39 heavy (non-hydrogen) atoms. The van der Waals surface area contributed by atoms with Crippen molar-refractivity contribution in [2.24, 2.45) is 5.92 Å². The topological polar surface area (TPSA) is 187 Å². The smallest absolute Gasteiger partial charge is 0.255 e. The van der Waals surface area contributed by atoms with E-state index in [1.54, 1.807) is 11.0 Å². The lowest BCUT2D eigenvalue weighted by molar-refractivity contribution is -0.124. The second-order valence-corrected chi connectivity index (χ2v) is 11.8. The first-order valence-electron chi connectivity index (χ1n) is 13.6. The Kier molecular flexibility index (Phi) is 6.10. The molecule has 1 aromatic carbocycles. The van der Waals surface area contributed by atoms with Gasteiger partial charge in [-0.15, -0.1) is 0 Å². The Labute approximate surface area is 226 Å². The number of benzene rings is 1. The number of fused-ring (bicyclic) bond motifs is 1. The van der Waals surface area contributed by atoms with Crippen LogP contribution in [0.2, 0.25) is 0 Å². The normalized spacial score (nSPS) is 34.0. The number of nitrogens with zero attached hydrogens (tertiary/aromatic N) is 1. The zero-order valence-corrected chi connectivity index (χ0v) is 22.2. The largest absolute Gasteiger partial charge is 0.492 e. The van der Waals surface area contributed by atoms with Gasteiger partial charge in [-0.2, -0.15) is 0 Å². The summed E-state index contributed by atoms with van der Waals surface area (Å²) in [6.45, 7) is 6.60. The first-order chi connectivity index (χ1) is 18.6. The Balaban J connectivity index is 1.22. The average molecular weight is 540 g/mol. The van der Waals surface area contributed by atoms with Crippen LogP contribution in [0, 0.1) is 16.7 Å². The van der Waals surface area contributed by atoms with Crippen molar-refractivity contribution in [3.05, 3.63) is 29.3 Å². The highest BCUT2D eigenvalue weighted by Gasteiger charge is 2.66. The lowest BCUT2D eigenvalue weighted by Crippen LogP contribution is -2.78. The summed E-state index contributed by atoms with van der Waals surface area (Å²) >= 11 is 0. The highest BCUT2D eigenvalue weighted by Crippen LogP contribution is 2.41. The number of carbonyl (C=O) groups excluding carboxylic acids is 2. The molecule has 1 aromatic rings. The number of para-hydroxylation sites is 1. The molecule has 5 heterocycles. The summed E-state index contributed by atoms with van der Waals surface area (Å²) in [7, 11) is 0. The van der Waals surface area contributed by atoms with Crippen LogP contribution >= 0.6 is 0 Å². The van der Waals surface area contributed by atoms with E-state index in [9.17, 15) is 14.7 Å². The lowest BCUT2D eigenvalue weighted by atomic mass is 9.79. The summed E-state index contributed by atoms with van der Waals surface area (Å²) in [6, 6.07) is 3.80. The maximum Gasteiger partial charge on any atom is 0.255 e. The van der Waals surface area contributed by atoms with E-state index in [4.69, 9.17) is 15.6 Å². The zero-order chi connectivity index (χ0) is 27.5. The number of carbonyl (C=O) groups is 2. The van der Waals surface area contributed by atoms with E-state index < -0.39 is 29.9 Å². The van der Waals surface area contributed by atoms with Gasteiger partial charge in [-0.1, -0.05) is 26.0 Å². The molecule has 6 rings (SSSR count). The van der Waals surface area contributed by atoms with E-state index in [1.807, 2.05) is 12.1 Å². The summed E-state index contributed by atoms with van der Waals surface area (Å²) in [5.41, 5.74) is 0.0229. The van der Waals surface area contributed by atoms with Gasteiger partial charge in [0.1, 0.15) is 11.9 Å². The summed E-state index contributed by atoms with van der Waals surface area (Å²) in [6.07, 6.45) is 0.473. The highest BCUT2D eigenvalue weighted by molar-refractivity contribution is 5.98. The van der Waals surface area contributed by atoms with Crippen LogP contribution in [0.4, 0.5) is 0 Å². The molecule has 5 aliphatic rings. The van der Waals surface area contributed by atoms with Crippen molar-refractivity contribution in [3.8, 4) is 5.75 Å². The molecular formula is C26H37N9O4. The van der Waals surface area contributed by atoms with Crippen molar-refractivity contribution in [3.63, 3.8) is 0 Å². The molecule has 0 saturated carbocycles. The number of amides is 2. The van der Waals surface area contributed by atoms with Gasteiger partial charge in [-0.3, -0.25) is 20.4 Å². The second kappa shape index (κ2) is 9.26. The number of hydrogen-bond acceptors (Lipinski definition) is 7. The quantitative estimate of drug-likeness (QED) is 0.211. The molecule has 2 amide bonds. The van der Waals surface area contributed by atoms with Crippen molar-refractivity contribution in [2.45, 2.75) is 62.0 Å². The molecule has 3 unspecified atom stereocenters. The highest BCUT2D eigenvalue weighted by atomic mass is 16.5. The predicted octanol–water partition coefficient (Wildman–Crippen LogP) is -1.65. The maximum absolute atomic E-state index is 13.5. The zero-order valence-electron chi connectivity index (χ0n) is 22.2. The average Bonchev–Trinajstić information content (AvgIpc) is 3.62. The molecule has 4 fully saturated rings. The fraction of sp³-hybridized carbons (Fsp3) is 0.615. The van der Waals surface area contributed by atoms with Crippen molar-refractivity contribution in [1.82, 2.24) is 36.8 Å². The van der Waals surface area contributed by atoms with E-state index >= 15 is 0 Å². The number of aliphatic hydroxyl groups is 1. The van der Waals surface area contributed by atoms with Crippen molar-refractivity contribution in [2.75, 3.05) is 32.8 Å². The van der Waals surface area contributed by atoms with Gasteiger partial charge in [0.15, 0.2) is 17.6 Å². The van der Waals surface area contributed by atoms with Gasteiger partial charge in [0.25, 0.3) is 5.91 Å². The first kappa shape index (κ1) is 25.7. The van der Waals surface area contributed by atoms with Crippen LogP contribution in [-0.4, -0.2) is 96.4 Å². The van der Waals surface area contributed by atoms with Gasteiger partial charge < -0.3 is 46.6 Å². The molecule has 0 bridgehead atoms. The summed E-state index contributed by atoms with van der Waals surface area (Å²) in [5.74, 6) is 0.112. The fourth-order valence-corrected chi connectivity index (χ4v) is 6.73. The Morgan fingerprint density at radius 3 is 2.85 bits per heavy atom. The molecule has 13 nitrogen and oxygen atoms in total. The van der Waals surface area contributed by atoms with Crippen molar-refractivity contribution >= 4 is 23.7 Å². The number of hydrogen-bond donors (Lipinski definition) is 9. The molecule has 210 valence electrons. The molecule has 1 spiro atoms. The Morgan fingerprint density at radius 1 is 1.26 bits per heavy atom. The lowest BCUT2D eigenvalue weighted by Gasteiger charge is -2.49. The van der Waals surface area contributed by atoms with Crippen LogP contribution in [0.1, 0.15) is 42.6 Å². The SMILES string of the molecule is CC1(C)CCOc2c(C(=O)NC3CN4C(=N)N[C@@H](CNC(=O)[C@@H]5CCNC5)C5NC(=N)NC54[C@@H]3O)cccc21. The molecule has 4 saturated heterocycles.